The van der Waals surface area contributed by atoms with E-state index in [1.807, 2.05) is 0 Å². The van der Waals surface area contributed by atoms with Crippen LogP contribution in [0.5, 0.6) is 0 Å². The lowest BCUT2D eigenvalue weighted by atomic mass is 9.89. The van der Waals surface area contributed by atoms with Crippen molar-refractivity contribution in [2.45, 2.75) is 51.0 Å². The zero-order valence-electron chi connectivity index (χ0n) is 11.4. The second kappa shape index (κ2) is 8.39. The Morgan fingerprint density at radius 2 is 1.75 bits per heavy atom. The van der Waals surface area contributed by atoms with E-state index in [9.17, 15) is 14.4 Å². The Bertz CT molecular complexity index is 353. The normalized spacial score (nSPS) is 17.2. The van der Waals surface area contributed by atoms with Crippen molar-refractivity contribution in [3.05, 3.63) is 0 Å². The van der Waals surface area contributed by atoms with Crippen molar-refractivity contribution in [2.75, 3.05) is 6.54 Å². The lowest BCUT2D eigenvalue weighted by Gasteiger charge is -2.22. The Labute approximate surface area is 117 Å². The molecular formula is C13H22N2O5. The third kappa shape index (κ3) is 6.40. The summed E-state index contributed by atoms with van der Waals surface area (Å²) in [7, 11) is 0. The lowest BCUT2D eigenvalue weighted by molar-refractivity contribution is -0.140. The molecule has 1 fully saturated rings. The van der Waals surface area contributed by atoms with Crippen LogP contribution in [-0.2, 0) is 9.59 Å². The zero-order chi connectivity index (χ0) is 15.0. The van der Waals surface area contributed by atoms with Crippen molar-refractivity contribution < 1.29 is 24.6 Å². The number of carboxylic acid groups (broad SMARTS) is 2. The van der Waals surface area contributed by atoms with E-state index >= 15 is 0 Å². The minimum absolute atomic E-state index is 0.123. The third-order valence-corrected chi connectivity index (χ3v) is 3.53. The molecule has 114 valence electrons. The highest BCUT2D eigenvalue weighted by molar-refractivity contribution is 5.82. The first-order valence-electron chi connectivity index (χ1n) is 6.98. The Morgan fingerprint density at radius 1 is 1.10 bits per heavy atom. The van der Waals surface area contributed by atoms with Crippen molar-refractivity contribution in [3.63, 3.8) is 0 Å². The number of amides is 2. The maximum absolute atomic E-state index is 11.6. The van der Waals surface area contributed by atoms with Crippen LogP contribution in [0.4, 0.5) is 4.79 Å². The molecule has 0 saturated heterocycles. The van der Waals surface area contributed by atoms with E-state index in [1.54, 1.807) is 0 Å². The van der Waals surface area contributed by atoms with Crippen molar-refractivity contribution in [3.8, 4) is 0 Å². The predicted octanol–water partition coefficient (Wildman–Crippen LogP) is 1.18. The van der Waals surface area contributed by atoms with Crippen LogP contribution < -0.4 is 10.6 Å². The van der Waals surface area contributed by atoms with Crippen LogP contribution in [0.25, 0.3) is 0 Å². The minimum Gasteiger partial charge on any atom is -0.481 e. The van der Waals surface area contributed by atoms with Gasteiger partial charge in [-0.05, 0) is 25.2 Å². The van der Waals surface area contributed by atoms with Gasteiger partial charge in [-0.15, -0.1) is 0 Å². The van der Waals surface area contributed by atoms with Gasteiger partial charge < -0.3 is 20.8 Å². The molecule has 0 aromatic carbocycles. The summed E-state index contributed by atoms with van der Waals surface area (Å²) in [6.45, 7) is 0.539. The quantitative estimate of drug-likeness (QED) is 0.561. The third-order valence-electron chi connectivity index (χ3n) is 3.53. The number of carbonyl (C=O) groups is 3. The summed E-state index contributed by atoms with van der Waals surface area (Å²) in [4.78, 5) is 33.0. The molecule has 0 unspecified atom stereocenters. The number of nitrogens with one attached hydrogen (secondary N) is 2. The Kier molecular flexibility index (Phi) is 6.83. The van der Waals surface area contributed by atoms with Gasteiger partial charge in [0, 0.05) is 13.0 Å². The highest BCUT2D eigenvalue weighted by Gasteiger charge is 2.21. The first kappa shape index (κ1) is 16.3. The molecule has 20 heavy (non-hydrogen) atoms. The van der Waals surface area contributed by atoms with E-state index in [0.29, 0.717) is 12.5 Å². The number of rotatable bonds is 7. The molecule has 1 saturated carbocycles. The number of aliphatic carboxylic acids is 2. The summed E-state index contributed by atoms with van der Waals surface area (Å²) in [5, 5.41) is 22.4. The second-order valence-electron chi connectivity index (χ2n) is 5.18. The predicted molar refractivity (Wildman–Crippen MR) is 71.4 cm³/mol. The minimum atomic E-state index is -1.22. The standard InChI is InChI=1S/C13H22N2O5/c16-11(17)7-6-10(12(18)19)15-13(20)14-8-9-4-2-1-3-5-9/h9-10H,1-8H2,(H,16,17)(H,18,19)(H2,14,15,20)/t10-/m0/s1. The van der Waals surface area contributed by atoms with Crippen LogP contribution in [-0.4, -0.2) is 40.8 Å². The van der Waals surface area contributed by atoms with Gasteiger partial charge in [-0.2, -0.15) is 0 Å². The van der Waals surface area contributed by atoms with Gasteiger partial charge in [-0.1, -0.05) is 19.3 Å². The summed E-state index contributed by atoms with van der Waals surface area (Å²) in [6, 6.07) is -1.72. The van der Waals surface area contributed by atoms with Crippen molar-refractivity contribution in [2.24, 2.45) is 5.92 Å². The van der Waals surface area contributed by atoms with Gasteiger partial charge in [0.05, 0.1) is 0 Å². The van der Waals surface area contributed by atoms with E-state index in [4.69, 9.17) is 10.2 Å². The van der Waals surface area contributed by atoms with Crippen LogP contribution in [0.3, 0.4) is 0 Å². The molecular weight excluding hydrogens is 264 g/mol. The number of urea groups is 1. The van der Waals surface area contributed by atoms with Gasteiger partial charge in [0.1, 0.15) is 6.04 Å². The molecule has 0 aliphatic heterocycles. The molecule has 1 rings (SSSR count). The van der Waals surface area contributed by atoms with Gasteiger partial charge in [0.2, 0.25) is 0 Å². The maximum Gasteiger partial charge on any atom is 0.326 e. The van der Waals surface area contributed by atoms with Crippen LogP contribution in [0.15, 0.2) is 0 Å². The molecule has 1 aliphatic carbocycles. The summed E-state index contributed by atoms with van der Waals surface area (Å²) in [5.41, 5.74) is 0. The molecule has 2 amide bonds. The second-order valence-corrected chi connectivity index (χ2v) is 5.18. The van der Waals surface area contributed by atoms with Crippen LogP contribution in [0.2, 0.25) is 0 Å². The first-order chi connectivity index (χ1) is 9.49. The van der Waals surface area contributed by atoms with Gasteiger partial charge in [-0.3, -0.25) is 4.79 Å². The highest BCUT2D eigenvalue weighted by Crippen LogP contribution is 2.22. The van der Waals surface area contributed by atoms with E-state index in [-0.39, 0.29) is 12.8 Å². The molecule has 0 aromatic rings. The number of carboxylic acids is 2. The smallest absolute Gasteiger partial charge is 0.326 e. The summed E-state index contributed by atoms with van der Waals surface area (Å²) in [6.07, 6.45) is 5.33. The van der Waals surface area contributed by atoms with Gasteiger partial charge in [0.25, 0.3) is 0 Å². The van der Waals surface area contributed by atoms with Crippen molar-refractivity contribution in [1.82, 2.24) is 10.6 Å². The number of hydrogen-bond donors (Lipinski definition) is 4. The summed E-state index contributed by atoms with van der Waals surface area (Å²) >= 11 is 0. The molecule has 1 atom stereocenters. The zero-order valence-corrected chi connectivity index (χ0v) is 11.4. The van der Waals surface area contributed by atoms with E-state index in [1.165, 1.54) is 19.3 Å². The maximum atomic E-state index is 11.6. The van der Waals surface area contributed by atoms with Crippen LogP contribution in [0.1, 0.15) is 44.9 Å². The molecule has 4 N–H and O–H groups in total. The SMILES string of the molecule is O=C(O)CC[C@H](NC(=O)NCC1CCCCC1)C(=O)O. The monoisotopic (exact) mass is 286 g/mol. The Balaban J connectivity index is 2.29. The highest BCUT2D eigenvalue weighted by atomic mass is 16.4. The summed E-state index contributed by atoms with van der Waals surface area (Å²) < 4.78 is 0. The average molecular weight is 286 g/mol. The van der Waals surface area contributed by atoms with Gasteiger partial charge >= 0.3 is 18.0 Å². The summed E-state index contributed by atoms with van der Waals surface area (Å²) in [5.74, 6) is -1.85. The fourth-order valence-electron chi connectivity index (χ4n) is 2.36. The van der Waals surface area contributed by atoms with Crippen molar-refractivity contribution in [1.29, 1.82) is 0 Å². The lowest BCUT2D eigenvalue weighted by Crippen LogP contribution is -2.47. The molecule has 0 radical (unpaired) electrons. The van der Waals surface area contributed by atoms with E-state index < -0.39 is 24.0 Å². The molecule has 0 heterocycles. The fourth-order valence-corrected chi connectivity index (χ4v) is 2.36. The van der Waals surface area contributed by atoms with E-state index in [0.717, 1.165) is 12.8 Å². The molecule has 7 nitrogen and oxygen atoms in total. The number of carbonyl (C=O) groups excluding carboxylic acids is 1. The fraction of sp³-hybridized carbons (Fsp3) is 0.769. The van der Waals surface area contributed by atoms with Crippen LogP contribution in [0, 0.1) is 5.92 Å². The first-order valence-corrected chi connectivity index (χ1v) is 6.98. The van der Waals surface area contributed by atoms with Gasteiger partial charge in [-0.25, -0.2) is 9.59 Å². The van der Waals surface area contributed by atoms with Crippen molar-refractivity contribution >= 4 is 18.0 Å². The largest absolute Gasteiger partial charge is 0.481 e. The molecule has 7 heteroatoms. The molecule has 0 spiro atoms. The average Bonchev–Trinajstić information content (AvgIpc) is 2.41. The molecule has 1 aliphatic rings. The Morgan fingerprint density at radius 3 is 2.30 bits per heavy atom. The van der Waals surface area contributed by atoms with Gasteiger partial charge in [0.15, 0.2) is 0 Å². The molecule has 0 bridgehead atoms. The molecule has 0 aromatic heterocycles. The van der Waals surface area contributed by atoms with Crippen LogP contribution >= 0.6 is 0 Å². The topological polar surface area (TPSA) is 116 Å². The number of hydrogen-bond acceptors (Lipinski definition) is 3. The Hall–Kier alpha value is -1.79. The van der Waals surface area contributed by atoms with E-state index in [2.05, 4.69) is 10.6 Å².